The van der Waals surface area contributed by atoms with Crippen LogP contribution in [0.4, 0.5) is 0 Å². The van der Waals surface area contributed by atoms with Crippen LogP contribution in [0.5, 0.6) is 0 Å². The molecule has 0 amide bonds. The van der Waals surface area contributed by atoms with E-state index >= 15 is 0 Å². The van der Waals surface area contributed by atoms with Gasteiger partial charge in [-0.1, -0.05) is 28.1 Å². The Labute approximate surface area is 110 Å². The molecule has 0 aliphatic carbocycles. The molecule has 1 aromatic heterocycles. The normalized spacial score (nSPS) is 10.7. The molecule has 0 bridgehead atoms. The van der Waals surface area contributed by atoms with Crippen LogP contribution in [-0.4, -0.2) is 16.5 Å². The van der Waals surface area contributed by atoms with E-state index in [2.05, 4.69) is 56.3 Å². The molecule has 4 heteroatoms. The minimum Gasteiger partial charge on any atom is -0.349 e. The molecule has 2 rings (SSSR count). The molecule has 0 spiro atoms. The molecule has 2 N–H and O–H groups in total. The monoisotopic (exact) mass is 293 g/mol. The molecule has 17 heavy (non-hydrogen) atoms. The van der Waals surface area contributed by atoms with Crippen molar-refractivity contribution >= 4 is 15.9 Å². The SMILES string of the molecule is Cc1ccc(CNCCc2ncc[nH]2)cc1Br. The predicted molar refractivity (Wildman–Crippen MR) is 72.9 cm³/mol. The van der Waals surface area contributed by atoms with Crippen molar-refractivity contribution in [2.75, 3.05) is 6.54 Å². The van der Waals surface area contributed by atoms with Gasteiger partial charge in [0, 0.05) is 36.4 Å². The third-order valence-electron chi connectivity index (χ3n) is 2.66. The summed E-state index contributed by atoms with van der Waals surface area (Å²) in [5.74, 6) is 1.03. The van der Waals surface area contributed by atoms with Crippen molar-refractivity contribution in [1.29, 1.82) is 0 Å². The van der Waals surface area contributed by atoms with E-state index in [9.17, 15) is 0 Å². The highest BCUT2D eigenvalue weighted by Crippen LogP contribution is 2.17. The largest absolute Gasteiger partial charge is 0.349 e. The first kappa shape index (κ1) is 12.3. The van der Waals surface area contributed by atoms with Gasteiger partial charge in [0.15, 0.2) is 0 Å². The van der Waals surface area contributed by atoms with Gasteiger partial charge in [-0.2, -0.15) is 0 Å². The highest BCUT2D eigenvalue weighted by Gasteiger charge is 1.98. The van der Waals surface area contributed by atoms with Gasteiger partial charge in [0.05, 0.1) is 0 Å². The Hall–Kier alpha value is -1.13. The Balaban J connectivity index is 1.76. The molecule has 1 aromatic carbocycles. The number of hydrogen-bond acceptors (Lipinski definition) is 2. The maximum Gasteiger partial charge on any atom is 0.107 e. The van der Waals surface area contributed by atoms with Crippen LogP contribution in [-0.2, 0) is 13.0 Å². The quantitative estimate of drug-likeness (QED) is 0.833. The highest BCUT2D eigenvalue weighted by molar-refractivity contribution is 9.10. The van der Waals surface area contributed by atoms with Gasteiger partial charge in [0.25, 0.3) is 0 Å². The van der Waals surface area contributed by atoms with Crippen LogP contribution in [0.25, 0.3) is 0 Å². The number of halogens is 1. The van der Waals surface area contributed by atoms with Gasteiger partial charge in [0.2, 0.25) is 0 Å². The molecule has 0 atom stereocenters. The van der Waals surface area contributed by atoms with E-state index in [1.165, 1.54) is 15.6 Å². The van der Waals surface area contributed by atoms with Gasteiger partial charge in [-0.25, -0.2) is 4.98 Å². The summed E-state index contributed by atoms with van der Waals surface area (Å²) >= 11 is 3.54. The Kier molecular flexibility index (Phi) is 4.34. The van der Waals surface area contributed by atoms with Gasteiger partial charge < -0.3 is 10.3 Å². The average molecular weight is 294 g/mol. The number of imidazole rings is 1. The second-order valence-corrected chi connectivity index (χ2v) is 4.90. The zero-order chi connectivity index (χ0) is 12.1. The van der Waals surface area contributed by atoms with Gasteiger partial charge in [0.1, 0.15) is 5.82 Å². The number of aromatic amines is 1. The number of rotatable bonds is 5. The second-order valence-electron chi connectivity index (χ2n) is 4.05. The number of benzene rings is 1. The van der Waals surface area contributed by atoms with E-state index in [1.807, 2.05) is 6.20 Å². The van der Waals surface area contributed by atoms with E-state index in [4.69, 9.17) is 0 Å². The van der Waals surface area contributed by atoms with Crippen LogP contribution in [0, 0.1) is 6.92 Å². The van der Waals surface area contributed by atoms with Crippen LogP contribution in [0.1, 0.15) is 17.0 Å². The lowest BCUT2D eigenvalue weighted by atomic mass is 10.1. The van der Waals surface area contributed by atoms with Crippen molar-refractivity contribution in [3.63, 3.8) is 0 Å². The van der Waals surface area contributed by atoms with Crippen LogP contribution < -0.4 is 5.32 Å². The zero-order valence-electron chi connectivity index (χ0n) is 9.83. The van der Waals surface area contributed by atoms with Crippen molar-refractivity contribution in [3.05, 3.63) is 52.0 Å². The smallest absolute Gasteiger partial charge is 0.107 e. The predicted octanol–water partition coefficient (Wildman–Crippen LogP) is 2.81. The molecule has 0 fully saturated rings. The molecule has 1 heterocycles. The maximum absolute atomic E-state index is 4.18. The van der Waals surface area contributed by atoms with E-state index in [0.717, 1.165) is 25.3 Å². The summed E-state index contributed by atoms with van der Waals surface area (Å²) in [6, 6.07) is 6.45. The molecule has 0 saturated heterocycles. The van der Waals surface area contributed by atoms with Crippen LogP contribution >= 0.6 is 15.9 Å². The van der Waals surface area contributed by atoms with Crippen molar-refractivity contribution in [2.24, 2.45) is 0 Å². The van der Waals surface area contributed by atoms with Gasteiger partial charge in [-0.3, -0.25) is 0 Å². The van der Waals surface area contributed by atoms with Gasteiger partial charge >= 0.3 is 0 Å². The molecule has 0 aliphatic rings. The summed E-state index contributed by atoms with van der Waals surface area (Å²) in [7, 11) is 0. The molecule has 0 saturated carbocycles. The van der Waals surface area contributed by atoms with Crippen molar-refractivity contribution in [3.8, 4) is 0 Å². The lowest BCUT2D eigenvalue weighted by Crippen LogP contribution is -2.17. The number of aryl methyl sites for hydroxylation is 1. The molecule has 0 unspecified atom stereocenters. The third-order valence-corrected chi connectivity index (χ3v) is 3.51. The summed E-state index contributed by atoms with van der Waals surface area (Å²) in [6.45, 7) is 3.91. The summed E-state index contributed by atoms with van der Waals surface area (Å²) in [6.07, 6.45) is 4.57. The molecule has 0 aliphatic heterocycles. The van der Waals surface area contributed by atoms with E-state index in [0.29, 0.717) is 0 Å². The summed E-state index contributed by atoms with van der Waals surface area (Å²) in [5, 5.41) is 3.41. The van der Waals surface area contributed by atoms with E-state index in [1.54, 1.807) is 6.20 Å². The summed E-state index contributed by atoms with van der Waals surface area (Å²) in [5.41, 5.74) is 2.56. The lowest BCUT2D eigenvalue weighted by Gasteiger charge is -2.06. The number of nitrogens with one attached hydrogen (secondary N) is 2. The topological polar surface area (TPSA) is 40.7 Å². The minimum absolute atomic E-state index is 0.888. The van der Waals surface area contributed by atoms with Crippen molar-refractivity contribution < 1.29 is 0 Å². The Morgan fingerprint density at radius 2 is 2.29 bits per heavy atom. The molecule has 2 aromatic rings. The molecule has 0 radical (unpaired) electrons. The summed E-state index contributed by atoms with van der Waals surface area (Å²) < 4.78 is 1.17. The molecule has 90 valence electrons. The number of nitrogens with zero attached hydrogens (tertiary/aromatic N) is 1. The molecular weight excluding hydrogens is 278 g/mol. The lowest BCUT2D eigenvalue weighted by molar-refractivity contribution is 0.673. The fraction of sp³-hybridized carbons (Fsp3) is 0.308. The first-order chi connectivity index (χ1) is 8.25. The van der Waals surface area contributed by atoms with Crippen LogP contribution in [0.15, 0.2) is 35.1 Å². The summed E-state index contributed by atoms with van der Waals surface area (Å²) in [4.78, 5) is 7.28. The second kappa shape index (κ2) is 5.98. The Morgan fingerprint density at radius 1 is 1.41 bits per heavy atom. The van der Waals surface area contributed by atoms with Gasteiger partial charge in [-0.15, -0.1) is 0 Å². The van der Waals surface area contributed by atoms with Crippen LogP contribution in [0.2, 0.25) is 0 Å². The first-order valence-electron chi connectivity index (χ1n) is 5.70. The number of hydrogen-bond donors (Lipinski definition) is 2. The van der Waals surface area contributed by atoms with Crippen molar-refractivity contribution in [1.82, 2.24) is 15.3 Å². The molecule has 3 nitrogen and oxygen atoms in total. The molecular formula is C13H16BrN3. The fourth-order valence-corrected chi connectivity index (χ4v) is 2.05. The standard InChI is InChI=1S/C13H16BrN3/c1-10-2-3-11(8-12(10)14)9-15-5-4-13-16-6-7-17-13/h2-3,6-8,15H,4-5,9H2,1H3,(H,16,17). The highest BCUT2D eigenvalue weighted by atomic mass is 79.9. The third kappa shape index (κ3) is 3.68. The first-order valence-corrected chi connectivity index (χ1v) is 6.49. The van der Waals surface area contributed by atoms with Crippen molar-refractivity contribution in [2.45, 2.75) is 19.9 Å². The fourth-order valence-electron chi connectivity index (χ4n) is 1.62. The van der Waals surface area contributed by atoms with E-state index in [-0.39, 0.29) is 0 Å². The average Bonchev–Trinajstić information content (AvgIpc) is 2.82. The maximum atomic E-state index is 4.18. The Bertz CT molecular complexity index is 466. The van der Waals surface area contributed by atoms with E-state index < -0.39 is 0 Å². The van der Waals surface area contributed by atoms with Crippen LogP contribution in [0.3, 0.4) is 0 Å². The minimum atomic E-state index is 0.888. The Morgan fingerprint density at radius 3 is 3.00 bits per heavy atom. The number of aromatic nitrogens is 2. The zero-order valence-corrected chi connectivity index (χ0v) is 11.4. The number of H-pyrrole nitrogens is 1. The van der Waals surface area contributed by atoms with Gasteiger partial charge in [-0.05, 0) is 24.1 Å².